The number of aromatic nitrogens is 2. The van der Waals surface area contributed by atoms with Crippen LogP contribution in [0.4, 0.5) is 0 Å². The minimum Gasteiger partial charge on any atom is -0.496 e. The zero-order valence-corrected chi connectivity index (χ0v) is 11.5. The lowest BCUT2D eigenvalue weighted by Gasteiger charge is -2.10. The van der Waals surface area contributed by atoms with E-state index in [0.717, 1.165) is 16.9 Å². The molecule has 6 heteroatoms. The van der Waals surface area contributed by atoms with Crippen molar-refractivity contribution in [2.75, 3.05) is 14.2 Å². The Balaban J connectivity index is 2.32. The molecular formula is C14H17N3O3. The molecule has 2 N–H and O–H groups in total. The van der Waals surface area contributed by atoms with Gasteiger partial charge in [0.25, 0.3) is 5.56 Å². The van der Waals surface area contributed by atoms with Gasteiger partial charge >= 0.3 is 0 Å². The van der Waals surface area contributed by atoms with Crippen LogP contribution in [-0.4, -0.2) is 24.0 Å². The van der Waals surface area contributed by atoms with Gasteiger partial charge in [0.05, 0.1) is 20.8 Å². The van der Waals surface area contributed by atoms with Gasteiger partial charge in [-0.2, -0.15) is 0 Å². The minimum absolute atomic E-state index is 0.184. The molecule has 0 saturated carbocycles. The number of benzene rings is 1. The number of nitrogens with two attached hydrogens (primary N) is 1. The highest BCUT2D eigenvalue weighted by molar-refractivity contribution is 5.37. The Hall–Kier alpha value is -2.34. The predicted octanol–water partition coefficient (Wildman–Crippen LogP) is 0.767. The Morgan fingerprint density at radius 3 is 2.65 bits per heavy atom. The molecule has 2 aromatic rings. The first-order chi connectivity index (χ1) is 9.67. The highest BCUT2D eigenvalue weighted by Crippen LogP contribution is 2.19. The fourth-order valence-electron chi connectivity index (χ4n) is 1.92. The maximum Gasteiger partial charge on any atom is 0.267 e. The summed E-state index contributed by atoms with van der Waals surface area (Å²) < 4.78 is 11.6. The van der Waals surface area contributed by atoms with Gasteiger partial charge in [-0.25, -0.2) is 4.68 Å². The fraction of sp³-hybridized carbons (Fsp3) is 0.286. The number of hydrogen-bond donors (Lipinski definition) is 1. The van der Waals surface area contributed by atoms with Crippen LogP contribution in [0.3, 0.4) is 0 Å². The van der Waals surface area contributed by atoms with E-state index in [9.17, 15) is 4.79 Å². The van der Waals surface area contributed by atoms with Gasteiger partial charge in [-0.15, -0.1) is 5.10 Å². The summed E-state index contributed by atoms with van der Waals surface area (Å²) >= 11 is 0. The molecule has 0 spiro atoms. The molecule has 0 unspecified atom stereocenters. The molecule has 1 aromatic carbocycles. The highest BCUT2D eigenvalue weighted by Gasteiger charge is 2.06. The topological polar surface area (TPSA) is 79.4 Å². The van der Waals surface area contributed by atoms with Gasteiger partial charge in [0.2, 0.25) is 5.88 Å². The Labute approximate surface area is 116 Å². The zero-order valence-electron chi connectivity index (χ0n) is 11.5. The Morgan fingerprint density at radius 2 is 2.00 bits per heavy atom. The molecule has 20 heavy (non-hydrogen) atoms. The van der Waals surface area contributed by atoms with Crippen molar-refractivity contribution >= 4 is 0 Å². The molecule has 0 atom stereocenters. The lowest BCUT2D eigenvalue weighted by molar-refractivity contribution is 0.378. The lowest BCUT2D eigenvalue weighted by Crippen LogP contribution is -2.22. The van der Waals surface area contributed by atoms with E-state index >= 15 is 0 Å². The first-order valence-electron chi connectivity index (χ1n) is 6.16. The second-order valence-electron chi connectivity index (χ2n) is 4.22. The standard InChI is InChI=1S/C14H17N3O3/c1-19-12-4-3-10(7-11(12)8-15)9-17-14(18)6-5-13(16-17)20-2/h3-7H,8-9,15H2,1-2H3. The molecule has 0 fully saturated rings. The first kappa shape index (κ1) is 14.1. The third-order valence-electron chi connectivity index (χ3n) is 2.95. The van der Waals surface area contributed by atoms with Gasteiger partial charge in [0, 0.05) is 24.2 Å². The molecule has 0 aliphatic carbocycles. The second-order valence-corrected chi connectivity index (χ2v) is 4.22. The molecule has 0 bridgehead atoms. The second kappa shape index (κ2) is 6.21. The van der Waals surface area contributed by atoms with Crippen molar-refractivity contribution in [3.05, 3.63) is 51.8 Å². The largest absolute Gasteiger partial charge is 0.496 e. The molecule has 0 radical (unpaired) electrons. The predicted molar refractivity (Wildman–Crippen MR) is 75.0 cm³/mol. The molecule has 0 saturated heterocycles. The summed E-state index contributed by atoms with van der Waals surface area (Å²) in [6, 6.07) is 8.60. The number of ether oxygens (including phenoxy) is 2. The van der Waals surface area contributed by atoms with E-state index in [0.29, 0.717) is 19.0 Å². The van der Waals surface area contributed by atoms with Crippen molar-refractivity contribution in [2.45, 2.75) is 13.1 Å². The number of rotatable bonds is 5. The van der Waals surface area contributed by atoms with E-state index < -0.39 is 0 Å². The van der Waals surface area contributed by atoms with Gasteiger partial charge in [-0.1, -0.05) is 6.07 Å². The summed E-state index contributed by atoms with van der Waals surface area (Å²) in [7, 11) is 3.11. The summed E-state index contributed by atoms with van der Waals surface area (Å²) in [6.45, 7) is 0.727. The molecular weight excluding hydrogens is 258 g/mol. The molecule has 0 aliphatic rings. The van der Waals surface area contributed by atoms with Crippen molar-refractivity contribution in [1.29, 1.82) is 0 Å². The average molecular weight is 275 g/mol. The van der Waals surface area contributed by atoms with Crippen molar-refractivity contribution < 1.29 is 9.47 Å². The summed E-state index contributed by atoms with van der Waals surface area (Å²) in [5.41, 5.74) is 7.31. The summed E-state index contributed by atoms with van der Waals surface area (Å²) in [6.07, 6.45) is 0. The SMILES string of the molecule is COc1ccc(=O)n(Cc2ccc(OC)c(CN)c2)n1. The van der Waals surface area contributed by atoms with E-state index in [1.807, 2.05) is 18.2 Å². The smallest absolute Gasteiger partial charge is 0.267 e. The molecule has 0 aliphatic heterocycles. The lowest BCUT2D eigenvalue weighted by atomic mass is 10.1. The summed E-state index contributed by atoms with van der Waals surface area (Å²) in [5.74, 6) is 1.14. The average Bonchev–Trinajstić information content (AvgIpc) is 2.49. The van der Waals surface area contributed by atoms with Crippen LogP contribution in [0.1, 0.15) is 11.1 Å². The Kier molecular flexibility index (Phi) is 4.37. The van der Waals surface area contributed by atoms with Crippen LogP contribution >= 0.6 is 0 Å². The summed E-state index contributed by atoms with van der Waals surface area (Å²) in [4.78, 5) is 11.8. The molecule has 106 valence electrons. The van der Waals surface area contributed by atoms with Crippen molar-refractivity contribution in [3.8, 4) is 11.6 Å². The summed E-state index contributed by atoms with van der Waals surface area (Å²) in [5, 5.41) is 4.10. The van der Waals surface area contributed by atoms with Crippen LogP contribution in [-0.2, 0) is 13.1 Å². The number of methoxy groups -OCH3 is 2. The fourth-order valence-corrected chi connectivity index (χ4v) is 1.92. The van der Waals surface area contributed by atoms with Crippen molar-refractivity contribution in [3.63, 3.8) is 0 Å². The van der Waals surface area contributed by atoms with Crippen molar-refractivity contribution in [2.24, 2.45) is 5.73 Å². The number of nitrogens with zero attached hydrogens (tertiary/aromatic N) is 2. The van der Waals surface area contributed by atoms with Crippen LogP contribution in [0.2, 0.25) is 0 Å². The molecule has 1 aromatic heterocycles. The van der Waals surface area contributed by atoms with Gasteiger partial charge in [-0.05, 0) is 17.7 Å². The van der Waals surface area contributed by atoms with Gasteiger partial charge in [0.1, 0.15) is 5.75 Å². The molecule has 2 rings (SSSR count). The van der Waals surface area contributed by atoms with Crippen LogP contribution in [0.5, 0.6) is 11.6 Å². The maximum absolute atomic E-state index is 11.8. The normalized spacial score (nSPS) is 10.3. The Morgan fingerprint density at radius 1 is 1.20 bits per heavy atom. The zero-order chi connectivity index (χ0) is 14.5. The Bertz CT molecular complexity index is 652. The van der Waals surface area contributed by atoms with E-state index in [2.05, 4.69) is 5.10 Å². The van der Waals surface area contributed by atoms with Gasteiger partial charge in [-0.3, -0.25) is 4.79 Å². The van der Waals surface area contributed by atoms with Crippen LogP contribution < -0.4 is 20.8 Å². The third-order valence-corrected chi connectivity index (χ3v) is 2.95. The number of hydrogen-bond acceptors (Lipinski definition) is 5. The van der Waals surface area contributed by atoms with Crippen LogP contribution in [0.25, 0.3) is 0 Å². The minimum atomic E-state index is -0.184. The van der Waals surface area contributed by atoms with Crippen LogP contribution in [0.15, 0.2) is 35.1 Å². The first-order valence-corrected chi connectivity index (χ1v) is 6.16. The maximum atomic E-state index is 11.8. The van der Waals surface area contributed by atoms with Crippen molar-refractivity contribution in [1.82, 2.24) is 9.78 Å². The van der Waals surface area contributed by atoms with Gasteiger partial charge in [0.15, 0.2) is 0 Å². The molecule has 0 amide bonds. The molecule has 1 heterocycles. The third kappa shape index (κ3) is 2.97. The highest BCUT2D eigenvalue weighted by atomic mass is 16.5. The quantitative estimate of drug-likeness (QED) is 0.871. The van der Waals surface area contributed by atoms with E-state index in [1.165, 1.54) is 23.9 Å². The van der Waals surface area contributed by atoms with E-state index in [4.69, 9.17) is 15.2 Å². The van der Waals surface area contributed by atoms with E-state index in [1.54, 1.807) is 7.11 Å². The monoisotopic (exact) mass is 275 g/mol. The van der Waals surface area contributed by atoms with E-state index in [-0.39, 0.29) is 5.56 Å². The molecule has 6 nitrogen and oxygen atoms in total. The van der Waals surface area contributed by atoms with Gasteiger partial charge < -0.3 is 15.2 Å². The van der Waals surface area contributed by atoms with Crippen LogP contribution in [0, 0.1) is 0 Å².